The highest BCUT2D eigenvalue weighted by Gasteiger charge is 2.04. The molecule has 1 amide bonds. The molecule has 0 aliphatic carbocycles. The van der Waals surface area contributed by atoms with Gasteiger partial charge in [0.2, 0.25) is 5.91 Å². The Hall–Kier alpha value is -2.82. The Labute approximate surface area is 122 Å². The Morgan fingerprint density at radius 2 is 1.90 bits per heavy atom. The standard InChI is InChI=1S/C16H16N4O/c17-14-5-2-11(3-6-14)8-16(21)18-9-12-1-4-13-10-19-20-15(13)7-12/h1-7,10H,8-9,17H2,(H,18,21)(H,19,20). The number of nitrogens with two attached hydrogens (primary N) is 1. The number of carbonyl (C=O) groups excluding carboxylic acids is 1. The number of aromatic amines is 1. The SMILES string of the molecule is Nc1ccc(CC(=O)NCc2ccc3cn[nH]c3c2)cc1. The first kappa shape index (κ1) is 13.2. The van der Waals surface area contributed by atoms with Crippen LogP contribution in [0, 0.1) is 0 Å². The van der Waals surface area contributed by atoms with E-state index in [1.54, 1.807) is 18.3 Å². The summed E-state index contributed by atoms with van der Waals surface area (Å²) >= 11 is 0. The van der Waals surface area contributed by atoms with Crippen LogP contribution < -0.4 is 11.1 Å². The Bertz CT molecular complexity index is 761. The number of rotatable bonds is 4. The highest BCUT2D eigenvalue weighted by Crippen LogP contribution is 2.12. The van der Waals surface area contributed by atoms with Crippen LogP contribution in [0.5, 0.6) is 0 Å². The molecule has 0 spiro atoms. The number of benzene rings is 2. The number of aromatic nitrogens is 2. The second kappa shape index (κ2) is 5.66. The van der Waals surface area contributed by atoms with Gasteiger partial charge in [0.05, 0.1) is 18.1 Å². The van der Waals surface area contributed by atoms with Gasteiger partial charge in [-0.1, -0.05) is 24.3 Å². The molecule has 0 radical (unpaired) electrons. The van der Waals surface area contributed by atoms with E-state index in [-0.39, 0.29) is 5.91 Å². The molecular weight excluding hydrogens is 264 g/mol. The number of nitrogens with zero attached hydrogens (tertiary/aromatic N) is 1. The monoisotopic (exact) mass is 280 g/mol. The van der Waals surface area contributed by atoms with Crippen LogP contribution in [0.15, 0.2) is 48.7 Å². The van der Waals surface area contributed by atoms with E-state index in [9.17, 15) is 4.79 Å². The summed E-state index contributed by atoms with van der Waals surface area (Å²) in [5.74, 6) is -0.00974. The maximum Gasteiger partial charge on any atom is 0.224 e. The van der Waals surface area contributed by atoms with E-state index in [2.05, 4.69) is 15.5 Å². The quantitative estimate of drug-likeness (QED) is 0.639. The zero-order valence-electron chi connectivity index (χ0n) is 11.5. The van der Waals surface area contributed by atoms with Crippen molar-refractivity contribution < 1.29 is 4.79 Å². The number of H-pyrrole nitrogens is 1. The van der Waals surface area contributed by atoms with Crippen LogP contribution in [0.1, 0.15) is 11.1 Å². The molecule has 1 aromatic heterocycles. The summed E-state index contributed by atoms with van der Waals surface area (Å²) in [6.45, 7) is 0.503. The molecule has 21 heavy (non-hydrogen) atoms. The van der Waals surface area contributed by atoms with Crippen molar-refractivity contribution in [2.45, 2.75) is 13.0 Å². The van der Waals surface area contributed by atoms with Gasteiger partial charge in [0.1, 0.15) is 0 Å². The minimum Gasteiger partial charge on any atom is -0.399 e. The van der Waals surface area contributed by atoms with Gasteiger partial charge >= 0.3 is 0 Å². The highest BCUT2D eigenvalue weighted by atomic mass is 16.1. The third-order valence-corrected chi connectivity index (χ3v) is 3.34. The number of hydrogen-bond donors (Lipinski definition) is 3. The number of nitrogen functional groups attached to an aromatic ring is 1. The molecule has 2 aromatic carbocycles. The first-order valence-corrected chi connectivity index (χ1v) is 6.74. The van der Waals surface area contributed by atoms with Gasteiger partial charge in [0.15, 0.2) is 0 Å². The molecule has 0 saturated heterocycles. The normalized spacial score (nSPS) is 10.7. The molecule has 3 rings (SSSR count). The average molecular weight is 280 g/mol. The van der Waals surface area contributed by atoms with E-state index in [0.717, 1.165) is 22.0 Å². The summed E-state index contributed by atoms with van der Waals surface area (Å²) in [7, 11) is 0. The van der Waals surface area contributed by atoms with Gasteiger partial charge in [-0.3, -0.25) is 9.89 Å². The van der Waals surface area contributed by atoms with Crippen molar-refractivity contribution in [3.8, 4) is 0 Å². The molecule has 5 nitrogen and oxygen atoms in total. The van der Waals surface area contributed by atoms with Gasteiger partial charge < -0.3 is 11.1 Å². The minimum atomic E-state index is -0.00974. The lowest BCUT2D eigenvalue weighted by molar-refractivity contribution is -0.120. The number of fused-ring (bicyclic) bond motifs is 1. The fourth-order valence-electron chi connectivity index (χ4n) is 2.18. The molecule has 1 heterocycles. The maximum atomic E-state index is 11.9. The Balaban J connectivity index is 1.58. The average Bonchev–Trinajstić information content (AvgIpc) is 2.95. The highest BCUT2D eigenvalue weighted by molar-refractivity contribution is 5.80. The molecule has 4 N–H and O–H groups in total. The van der Waals surface area contributed by atoms with Crippen molar-refractivity contribution in [2.75, 3.05) is 5.73 Å². The fraction of sp³-hybridized carbons (Fsp3) is 0.125. The summed E-state index contributed by atoms with van der Waals surface area (Å²) in [6, 6.07) is 13.3. The van der Waals surface area contributed by atoms with Crippen LogP contribution in [0.2, 0.25) is 0 Å². The molecule has 0 saturated carbocycles. The molecule has 0 atom stereocenters. The van der Waals surface area contributed by atoms with Crippen molar-refractivity contribution in [1.82, 2.24) is 15.5 Å². The Kier molecular flexibility index (Phi) is 3.55. The second-order valence-corrected chi connectivity index (χ2v) is 4.99. The largest absolute Gasteiger partial charge is 0.399 e. The topological polar surface area (TPSA) is 83.8 Å². The van der Waals surface area contributed by atoms with Gasteiger partial charge in [0.25, 0.3) is 0 Å². The lowest BCUT2D eigenvalue weighted by atomic mass is 10.1. The molecular formula is C16H16N4O. The van der Waals surface area contributed by atoms with Crippen LogP contribution in [0.4, 0.5) is 5.69 Å². The van der Waals surface area contributed by atoms with Gasteiger partial charge in [-0.25, -0.2) is 0 Å². The summed E-state index contributed by atoms with van der Waals surface area (Å²) < 4.78 is 0. The molecule has 0 fully saturated rings. The summed E-state index contributed by atoms with van der Waals surface area (Å²) in [5.41, 5.74) is 9.28. The van der Waals surface area contributed by atoms with Gasteiger partial charge in [-0.2, -0.15) is 5.10 Å². The zero-order valence-corrected chi connectivity index (χ0v) is 11.5. The minimum absolute atomic E-state index is 0.00974. The first-order chi connectivity index (χ1) is 10.2. The first-order valence-electron chi connectivity index (χ1n) is 6.74. The molecule has 106 valence electrons. The predicted octanol–water partition coefficient (Wildman–Crippen LogP) is 2.00. The van der Waals surface area contributed by atoms with Crippen molar-refractivity contribution in [3.63, 3.8) is 0 Å². The van der Waals surface area contributed by atoms with E-state index >= 15 is 0 Å². The van der Waals surface area contributed by atoms with Crippen LogP contribution in [-0.4, -0.2) is 16.1 Å². The Morgan fingerprint density at radius 3 is 2.71 bits per heavy atom. The molecule has 0 unspecified atom stereocenters. The van der Waals surface area contributed by atoms with Crippen LogP contribution in [0.3, 0.4) is 0 Å². The number of nitrogens with one attached hydrogen (secondary N) is 2. The summed E-state index contributed by atoms with van der Waals surface area (Å²) in [6.07, 6.45) is 2.13. The van der Waals surface area contributed by atoms with Crippen molar-refractivity contribution in [2.24, 2.45) is 0 Å². The maximum absolute atomic E-state index is 11.9. The number of anilines is 1. The molecule has 5 heteroatoms. The van der Waals surface area contributed by atoms with E-state index in [4.69, 9.17) is 5.73 Å². The lowest BCUT2D eigenvalue weighted by Gasteiger charge is -2.06. The lowest BCUT2D eigenvalue weighted by Crippen LogP contribution is -2.24. The second-order valence-electron chi connectivity index (χ2n) is 4.99. The third-order valence-electron chi connectivity index (χ3n) is 3.34. The Morgan fingerprint density at radius 1 is 1.14 bits per heavy atom. The van der Waals surface area contributed by atoms with Crippen molar-refractivity contribution >= 4 is 22.5 Å². The van der Waals surface area contributed by atoms with E-state index < -0.39 is 0 Å². The molecule has 0 aliphatic heterocycles. The van der Waals surface area contributed by atoms with E-state index in [1.807, 2.05) is 30.3 Å². The van der Waals surface area contributed by atoms with Crippen molar-refractivity contribution in [3.05, 3.63) is 59.8 Å². The molecule has 3 aromatic rings. The van der Waals surface area contributed by atoms with Gasteiger partial charge in [-0.05, 0) is 29.3 Å². The predicted molar refractivity (Wildman–Crippen MR) is 82.5 cm³/mol. The van der Waals surface area contributed by atoms with E-state index in [1.165, 1.54) is 0 Å². The van der Waals surface area contributed by atoms with Crippen LogP contribution >= 0.6 is 0 Å². The summed E-state index contributed by atoms with van der Waals surface area (Å²) in [4.78, 5) is 11.9. The van der Waals surface area contributed by atoms with Crippen LogP contribution in [0.25, 0.3) is 10.9 Å². The van der Waals surface area contributed by atoms with E-state index in [0.29, 0.717) is 18.7 Å². The zero-order chi connectivity index (χ0) is 14.7. The number of amides is 1. The molecule has 0 bridgehead atoms. The van der Waals surface area contributed by atoms with Gasteiger partial charge in [0, 0.05) is 17.6 Å². The smallest absolute Gasteiger partial charge is 0.224 e. The number of hydrogen-bond acceptors (Lipinski definition) is 3. The number of carbonyl (C=O) groups is 1. The van der Waals surface area contributed by atoms with Crippen molar-refractivity contribution in [1.29, 1.82) is 0 Å². The summed E-state index contributed by atoms with van der Waals surface area (Å²) in [5, 5.41) is 10.9. The third kappa shape index (κ3) is 3.20. The van der Waals surface area contributed by atoms with Crippen LogP contribution in [-0.2, 0) is 17.8 Å². The fourth-order valence-corrected chi connectivity index (χ4v) is 2.18. The van der Waals surface area contributed by atoms with Gasteiger partial charge in [-0.15, -0.1) is 0 Å². The molecule has 0 aliphatic rings.